The average molecular weight is 428 g/mol. The lowest BCUT2D eigenvalue weighted by molar-refractivity contribution is 0.336. The molecular weight excluding hydrogens is 407 g/mol. The predicted molar refractivity (Wildman–Crippen MR) is 113 cm³/mol. The highest BCUT2D eigenvalue weighted by Crippen LogP contribution is 2.33. The first-order valence-corrected chi connectivity index (χ1v) is 9.95. The van der Waals surface area contributed by atoms with Crippen molar-refractivity contribution in [1.29, 1.82) is 0 Å². The van der Waals surface area contributed by atoms with Crippen LogP contribution in [-0.2, 0) is 6.42 Å². The van der Waals surface area contributed by atoms with E-state index < -0.39 is 0 Å². The van der Waals surface area contributed by atoms with Gasteiger partial charge in [-0.05, 0) is 56.0 Å². The molecule has 5 nitrogen and oxygen atoms in total. The molecule has 27 heavy (non-hydrogen) atoms. The topological polar surface area (TPSA) is 54.0 Å². The summed E-state index contributed by atoms with van der Waals surface area (Å²) in [6.07, 6.45) is 2.81. The summed E-state index contributed by atoms with van der Waals surface area (Å²) < 4.78 is 5.68. The van der Waals surface area contributed by atoms with Crippen molar-refractivity contribution in [2.75, 3.05) is 25.1 Å². The molecule has 0 unspecified atom stereocenters. The molecule has 0 atom stereocenters. The van der Waals surface area contributed by atoms with Crippen LogP contribution in [0.25, 0.3) is 11.2 Å². The number of aromatic nitrogens is 3. The van der Waals surface area contributed by atoms with Gasteiger partial charge in [-0.2, -0.15) is 4.98 Å². The summed E-state index contributed by atoms with van der Waals surface area (Å²) in [7, 11) is 2.00. The summed E-state index contributed by atoms with van der Waals surface area (Å²) >= 11 is 18.3. The van der Waals surface area contributed by atoms with Gasteiger partial charge in [0.15, 0.2) is 5.65 Å². The molecular formula is C19H21Cl3N4O. The zero-order valence-corrected chi connectivity index (χ0v) is 17.5. The average Bonchev–Trinajstić information content (AvgIpc) is 3.04. The van der Waals surface area contributed by atoms with Crippen LogP contribution in [0.5, 0.6) is 5.75 Å². The van der Waals surface area contributed by atoms with Crippen LogP contribution in [-0.4, -0.2) is 35.2 Å². The first kappa shape index (κ1) is 20.1. The fraction of sp³-hybridized carbons (Fsp3) is 0.368. The Kier molecular flexibility index (Phi) is 6.68. The normalized spacial score (nSPS) is 11.1. The van der Waals surface area contributed by atoms with Gasteiger partial charge in [-0.25, -0.2) is 4.98 Å². The third-order valence-electron chi connectivity index (χ3n) is 4.22. The lowest BCUT2D eigenvalue weighted by Gasteiger charge is -2.16. The number of ether oxygens (including phenoxy) is 1. The Morgan fingerprint density at radius 2 is 1.93 bits per heavy atom. The molecule has 0 aliphatic carbocycles. The largest absolute Gasteiger partial charge is 0.492 e. The van der Waals surface area contributed by atoms with E-state index in [4.69, 9.17) is 39.5 Å². The van der Waals surface area contributed by atoms with E-state index in [9.17, 15) is 0 Å². The van der Waals surface area contributed by atoms with Gasteiger partial charge in [-0.1, -0.05) is 34.8 Å². The lowest BCUT2D eigenvalue weighted by atomic mass is 10.1. The standard InChI is InChI=1S/C19H21Cl3N4O/c1-3-27-17-12(10-13(20)11-14(17)21)6-4-5-9-26(2)19-23-15-7-8-16(22)24-18(15)25-19/h7-8,10-11H,3-6,9H2,1-2H3,(H,23,24,25). The molecule has 2 heterocycles. The molecule has 3 aromatic rings. The first-order chi connectivity index (χ1) is 13.0. The Hall–Kier alpha value is -1.69. The zero-order valence-electron chi connectivity index (χ0n) is 15.2. The van der Waals surface area contributed by atoms with Crippen molar-refractivity contribution in [1.82, 2.24) is 15.0 Å². The SMILES string of the molecule is CCOc1c(Cl)cc(Cl)cc1CCCCN(C)c1nc2nc(Cl)ccc2[nH]1. The molecule has 0 saturated heterocycles. The molecule has 3 rings (SSSR count). The van der Waals surface area contributed by atoms with Crippen LogP contribution < -0.4 is 9.64 Å². The number of nitrogens with one attached hydrogen (secondary N) is 1. The van der Waals surface area contributed by atoms with Crippen LogP contribution in [0.15, 0.2) is 24.3 Å². The van der Waals surface area contributed by atoms with Gasteiger partial charge < -0.3 is 14.6 Å². The van der Waals surface area contributed by atoms with Gasteiger partial charge in [0.05, 0.1) is 17.1 Å². The van der Waals surface area contributed by atoms with Gasteiger partial charge >= 0.3 is 0 Å². The van der Waals surface area contributed by atoms with E-state index in [0.717, 1.165) is 48.6 Å². The number of pyridine rings is 1. The van der Waals surface area contributed by atoms with Gasteiger partial charge in [0.1, 0.15) is 10.9 Å². The Morgan fingerprint density at radius 1 is 1.11 bits per heavy atom. The fourth-order valence-electron chi connectivity index (χ4n) is 2.91. The smallest absolute Gasteiger partial charge is 0.205 e. The molecule has 144 valence electrons. The zero-order chi connectivity index (χ0) is 19.4. The molecule has 8 heteroatoms. The minimum absolute atomic E-state index is 0.438. The Morgan fingerprint density at radius 3 is 2.70 bits per heavy atom. The monoisotopic (exact) mass is 426 g/mol. The van der Waals surface area contributed by atoms with Crippen molar-refractivity contribution in [3.05, 3.63) is 45.0 Å². The van der Waals surface area contributed by atoms with E-state index in [-0.39, 0.29) is 0 Å². The van der Waals surface area contributed by atoms with Crippen molar-refractivity contribution in [3.63, 3.8) is 0 Å². The van der Waals surface area contributed by atoms with Crippen molar-refractivity contribution in [2.24, 2.45) is 0 Å². The number of aryl methyl sites for hydroxylation is 1. The second-order valence-corrected chi connectivity index (χ2v) is 7.48. The van der Waals surface area contributed by atoms with E-state index in [0.29, 0.717) is 27.5 Å². The van der Waals surface area contributed by atoms with Gasteiger partial charge in [0.25, 0.3) is 0 Å². The molecule has 1 aromatic carbocycles. The van der Waals surface area contributed by atoms with Crippen LogP contribution in [0.3, 0.4) is 0 Å². The van der Waals surface area contributed by atoms with E-state index in [1.165, 1.54) is 0 Å². The van der Waals surface area contributed by atoms with Crippen molar-refractivity contribution in [3.8, 4) is 5.75 Å². The third kappa shape index (κ3) is 4.98. The maximum Gasteiger partial charge on any atom is 0.205 e. The number of unbranched alkanes of at least 4 members (excludes halogenated alkanes) is 1. The van der Waals surface area contributed by atoms with E-state index in [1.54, 1.807) is 12.1 Å². The second-order valence-electron chi connectivity index (χ2n) is 6.25. The summed E-state index contributed by atoms with van der Waals surface area (Å²) in [4.78, 5) is 14.0. The van der Waals surface area contributed by atoms with Gasteiger partial charge in [0.2, 0.25) is 5.95 Å². The Bertz CT molecular complexity index is 929. The molecule has 0 aliphatic rings. The van der Waals surface area contributed by atoms with Crippen LogP contribution >= 0.6 is 34.8 Å². The molecule has 0 spiro atoms. The summed E-state index contributed by atoms with van der Waals surface area (Å²) in [6.45, 7) is 3.37. The number of benzene rings is 1. The summed E-state index contributed by atoms with van der Waals surface area (Å²) in [6, 6.07) is 7.27. The van der Waals surface area contributed by atoms with Crippen LogP contribution in [0.2, 0.25) is 15.2 Å². The van der Waals surface area contributed by atoms with Crippen LogP contribution in [0.1, 0.15) is 25.3 Å². The minimum atomic E-state index is 0.438. The highest BCUT2D eigenvalue weighted by atomic mass is 35.5. The van der Waals surface area contributed by atoms with Crippen molar-refractivity contribution < 1.29 is 4.74 Å². The number of imidazole rings is 1. The van der Waals surface area contributed by atoms with E-state index in [2.05, 4.69) is 19.9 Å². The number of halogens is 3. The number of hydrogen-bond acceptors (Lipinski definition) is 4. The highest BCUT2D eigenvalue weighted by molar-refractivity contribution is 6.35. The number of fused-ring (bicyclic) bond motifs is 1. The molecule has 1 N–H and O–H groups in total. The Balaban J connectivity index is 1.58. The third-order valence-corrected chi connectivity index (χ3v) is 4.93. The number of hydrogen-bond donors (Lipinski definition) is 1. The minimum Gasteiger partial charge on any atom is -0.492 e. The summed E-state index contributed by atoms with van der Waals surface area (Å²) in [5.41, 5.74) is 2.54. The predicted octanol–water partition coefficient (Wildman–Crippen LogP) is 5.78. The number of aromatic amines is 1. The number of anilines is 1. The van der Waals surface area contributed by atoms with Crippen molar-refractivity contribution >= 4 is 51.9 Å². The van der Waals surface area contributed by atoms with Crippen LogP contribution in [0.4, 0.5) is 5.95 Å². The first-order valence-electron chi connectivity index (χ1n) is 8.82. The number of H-pyrrole nitrogens is 1. The highest BCUT2D eigenvalue weighted by Gasteiger charge is 2.12. The molecule has 0 amide bonds. The molecule has 0 radical (unpaired) electrons. The van der Waals surface area contributed by atoms with Gasteiger partial charge in [-0.15, -0.1) is 0 Å². The van der Waals surface area contributed by atoms with E-state index >= 15 is 0 Å². The molecule has 0 fully saturated rings. The molecule has 0 aliphatic heterocycles. The maximum absolute atomic E-state index is 6.26. The lowest BCUT2D eigenvalue weighted by Crippen LogP contribution is -2.19. The molecule has 2 aromatic heterocycles. The Labute approximate surface area is 173 Å². The second kappa shape index (κ2) is 9.00. The maximum atomic E-state index is 6.26. The summed E-state index contributed by atoms with van der Waals surface area (Å²) in [5, 5.41) is 1.63. The van der Waals surface area contributed by atoms with Crippen LogP contribution in [0, 0.1) is 0 Å². The van der Waals surface area contributed by atoms with E-state index in [1.807, 2.05) is 26.1 Å². The van der Waals surface area contributed by atoms with Gasteiger partial charge in [0, 0.05) is 18.6 Å². The molecule has 0 bridgehead atoms. The summed E-state index contributed by atoms with van der Waals surface area (Å²) in [5.74, 6) is 1.51. The van der Waals surface area contributed by atoms with Crippen molar-refractivity contribution in [2.45, 2.75) is 26.2 Å². The number of rotatable bonds is 8. The number of nitrogens with zero attached hydrogens (tertiary/aromatic N) is 3. The van der Waals surface area contributed by atoms with Gasteiger partial charge in [-0.3, -0.25) is 0 Å². The fourth-order valence-corrected chi connectivity index (χ4v) is 3.65. The molecule has 0 saturated carbocycles. The quantitative estimate of drug-likeness (QED) is 0.366.